The fourth-order valence-electron chi connectivity index (χ4n) is 5.10. The van der Waals surface area contributed by atoms with Gasteiger partial charge < -0.3 is 5.32 Å². The van der Waals surface area contributed by atoms with E-state index in [-0.39, 0.29) is 24.0 Å². The Morgan fingerprint density at radius 2 is 1.75 bits per heavy atom. The van der Waals surface area contributed by atoms with Crippen LogP contribution >= 0.6 is 0 Å². The Labute approximate surface area is 229 Å². The van der Waals surface area contributed by atoms with Gasteiger partial charge in [0.05, 0.1) is 40.2 Å². The predicted molar refractivity (Wildman–Crippen MR) is 146 cm³/mol. The summed E-state index contributed by atoms with van der Waals surface area (Å²) >= 11 is 0. The standard InChI is InChI=1S/C29H27N7O4/c37-26-11-10-25(27(38)34-26)36-28(39)20-9-8-19(14-21(20)29(36)40)30-12-4-1-5-13-35-17-18(15-32-35)24-16-31-22-6-2-3-7-23(22)33-24/h2-3,6-9,14-17,25,30H,1,4-5,10-13H2,(H,34,37,38). The predicted octanol–water partition coefficient (Wildman–Crippen LogP) is 3.18. The number of carbonyl (C=O) groups excluding carboxylic acids is 4. The number of rotatable bonds is 9. The zero-order valence-electron chi connectivity index (χ0n) is 21.7. The molecule has 4 amide bonds. The lowest BCUT2D eigenvalue weighted by molar-refractivity contribution is -0.136. The number of aryl methyl sites for hydroxylation is 1. The first-order valence-electron chi connectivity index (χ1n) is 13.3. The molecule has 1 fully saturated rings. The molecule has 4 aromatic rings. The molecule has 2 N–H and O–H groups in total. The van der Waals surface area contributed by atoms with Gasteiger partial charge in [-0.1, -0.05) is 12.1 Å². The van der Waals surface area contributed by atoms with E-state index in [1.165, 1.54) is 0 Å². The molecule has 2 aliphatic rings. The third kappa shape index (κ3) is 4.93. The van der Waals surface area contributed by atoms with E-state index in [0.29, 0.717) is 6.54 Å². The number of carbonyl (C=O) groups is 4. The zero-order chi connectivity index (χ0) is 27.6. The maximum absolute atomic E-state index is 13.0. The van der Waals surface area contributed by atoms with Crippen LogP contribution in [0.1, 0.15) is 52.8 Å². The molecule has 202 valence electrons. The number of nitrogens with one attached hydrogen (secondary N) is 2. The van der Waals surface area contributed by atoms with Crippen molar-refractivity contribution in [3.05, 3.63) is 72.2 Å². The van der Waals surface area contributed by atoms with E-state index in [0.717, 1.165) is 58.7 Å². The molecule has 0 bridgehead atoms. The van der Waals surface area contributed by atoms with Crippen molar-refractivity contribution < 1.29 is 19.2 Å². The fraction of sp³-hybridized carbons (Fsp3) is 0.276. The number of anilines is 1. The topological polar surface area (TPSA) is 139 Å². The van der Waals surface area contributed by atoms with Crippen LogP contribution in [0.15, 0.2) is 61.1 Å². The highest BCUT2D eigenvalue weighted by molar-refractivity contribution is 6.23. The second-order valence-electron chi connectivity index (χ2n) is 9.93. The molecule has 0 aliphatic carbocycles. The van der Waals surface area contributed by atoms with Crippen molar-refractivity contribution in [2.75, 3.05) is 11.9 Å². The molecule has 40 heavy (non-hydrogen) atoms. The first-order valence-corrected chi connectivity index (χ1v) is 13.3. The molecular formula is C29H27N7O4. The molecule has 6 rings (SSSR count). The van der Waals surface area contributed by atoms with E-state index in [1.807, 2.05) is 41.3 Å². The molecular weight excluding hydrogens is 510 g/mol. The monoisotopic (exact) mass is 537 g/mol. The van der Waals surface area contributed by atoms with Gasteiger partial charge in [-0.25, -0.2) is 4.98 Å². The maximum Gasteiger partial charge on any atom is 0.262 e. The number of piperidine rings is 1. The van der Waals surface area contributed by atoms with E-state index in [4.69, 9.17) is 0 Å². The summed E-state index contributed by atoms with van der Waals surface area (Å²) in [5.74, 6) is -2.02. The van der Waals surface area contributed by atoms with Crippen molar-refractivity contribution in [2.45, 2.75) is 44.7 Å². The van der Waals surface area contributed by atoms with Gasteiger partial charge in [0.1, 0.15) is 6.04 Å². The van der Waals surface area contributed by atoms with Gasteiger partial charge in [0.15, 0.2) is 0 Å². The van der Waals surface area contributed by atoms with E-state index in [9.17, 15) is 19.2 Å². The summed E-state index contributed by atoms with van der Waals surface area (Å²) in [6.07, 6.45) is 8.63. The quantitative estimate of drug-likeness (QED) is 0.245. The summed E-state index contributed by atoms with van der Waals surface area (Å²) in [6.45, 7) is 1.49. The third-order valence-corrected chi connectivity index (χ3v) is 7.21. The highest BCUT2D eigenvalue weighted by atomic mass is 16.2. The number of amides is 4. The van der Waals surface area contributed by atoms with Crippen molar-refractivity contribution in [3.63, 3.8) is 0 Å². The van der Waals surface area contributed by atoms with Crippen molar-refractivity contribution in [1.82, 2.24) is 30.0 Å². The summed E-state index contributed by atoms with van der Waals surface area (Å²) in [6, 6.07) is 11.8. The Kier molecular flexibility index (Phi) is 6.77. The maximum atomic E-state index is 13.0. The minimum Gasteiger partial charge on any atom is -0.385 e. The summed E-state index contributed by atoms with van der Waals surface area (Å²) < 4.78 is 1.91. The van der Waals surface area contributed by atoms with Gasteiger partial charge in [0.2, 0.25) is 11.8 Å². The van der Waals surface area contributed by atoms with Crippen molar-refractivity contribution in [3.8, 4) is 11.3 Å². The highest BCUT2D eigenvalue weighted by Crippen LogP contribution is 2.29. The third-order valence-electron chi connectivity index (χ3n) is 7.21. The summed E-state index contributed by atoms with van der Waals surface area (Å²) in [7, 11) is 0. The van der Waals surface area contributed by atoms with Gasteiger partial charge in [0.25, 0.3) is 11.8 Å². The molecule has 0 saturated carbocycles. The average Bonchev–Trinajstić information content (AvgIpc) is 3.53. The van der Waals surface area contributed by atoms with Crippen LogP contribution in [0.4, 0.5) is 5.69 Å². The number of hydrogen-bond donors (Lipinski definition) is 2. The molecule has 1 atom stereocenters. The number of fused-ring (bicyclic) bond motifs is 2. The zero-order valence-corrected chi connectivity index (χ0v) is 21.7. The first kappa shape index (κ1) is 25.4. The Morgan fingerprint density at radius 1 is 0.925 bits per heavy atom. The van der Waals surface area contributed by atoms with Crippen LogP contribution in [0.25, 0.3) is 22.3 Å². The normalized spacial score (nSPS) is 16.9. The van der Waals surface area contributed by atoms with Gasteiger partial charge in [-0.05, 0) is 56.0 Å². The van der Waals surface area contributed by atoms with Crippen LogP contribution in [0.5, 0.6) is 0 Å². The van der Waals surface area contributed by atoms with Crippen LogP contribution in [-0.2, 0) is 16.1 Å². The lowest BCUT2D eigenvalue weighted by atomic mass is 10.0. The molecule has 1 saturated heterocycles. The van der Waals surface area contributed by atoms with Crippen LogP contribution in [0, 0.1) is 0 Å². The van der Waals surface area contributed by atoms with Crippen molar-refractivity contribution in [2.24, 2.45) is 0 Å². The van der Waals surface area contributed by atoms with Crippen LogP contribution < -0.4 is 10.6 Å². The number of para-hydroxylation sites is 2. The molecule has 2 aromatic heterocycles. The molecule has 0 spiro atoms. The molecule has 2 aliphatic heterocycles. The van der Waals surface area contributed by atoms with Gasteiger partial charge >= 0.3 is 0 Å². The largest absolute Gasteiger partial charge is 0.385 e. The molecule has 11 heteroatoms. The van der Waals surface area contributed by atoms with Crippen molar-refractivity contribution in [1.29, 1.82) is 0 Å². The fourth-order valence-corrected chi connectivity index (χ4v) is 5.10. The molecule has 2 aromatic carbocycles. The second kappa shape index (κ2) is 10.7. The average molecular weight is 538 g/mol. The summed E-state index contributed by atoms with van der Waals surface area (Å²) in [4.78, 5) is 59.6. The SMILES string of the molecule is O=C1CCC(N2C(=O)c3ccc(NCCCCCn4cc(-c5cnc6ccccc6n5)cn4)cc3C2=O)C(=O)N1. The van der Waals surface area contributed by atoms with E-state index < -0.39 is 29.7 Å². The van der Waals surface area contributed by atoms with Crippen LogP contribution in [0.2, 0.25) is 0 Å². The van der Waals surface area contributed by atoms with Crippen molar-refractivity contribution >= 4 is 40.3 Å². The molecule has 0 radical (unpaired) electrons. The highest BCUT2D eigenvalue weighted by Gasteiger charge is 2.44. The molecule has 11 nitrogen and oxygen atoms in total. The Bertz CT molecular complexity index is 1650. The first-order chi connectivity index (χ1) is 19.5. The van der Waals surface area contributed by atoms with Gasteiger partial charge in [0, 0.05) is 37.0 Å². The Balaban J connectivity index is 0.978. The van der Waals surface area contributed by atoms with E-state index in [1.54, 1.807) is 24.4 Å². The number of hydrogen-bond acceptors (Lipinski definition) is 8. The van der Waals surface area contributed by atoms with Gasteiger partial charge in [-0.2, -0.15) is 5.10 Å². The Hall–Kier alpha value is -4.93. The number of imide groups is 2. The minimum absolute atomic E-state index is 0.0946. The van der Waals surface area contributed by atoms with Gasteiger partial charge in [-0.15, -0.1) is 0 Å². The summed E-state index contributed by atoms with van der Waals surface area (Å²) in [5.41, 5.74) is 4.72. The minimum atomic E-state index is -0.965. The van der Waals surface area contributed by atoms with E-state index >= 15 is 0 Å². The smallest absolute Gasteiger partial charge is 0.262 e. The lowest BCUT2D eigenvalue weighted by Gasteiger charge is -2.27. The summed E-state index contributed by atoms with van der Waals surface area (Å²) in [5, 5.41) is 9.98. The number of benzene rings is 2. The lowest BCUT2D eigenvalue weighted by Crippen LogP contribution is -2.54. The number of unbranched alkanes of at least 4 members (excludes halogenated alkanes) is 2. The van der Waals surface area contributed by atoms with Crippen LogP contribution in [0.3, 0.4) is 0 Å². The number of aromatic nitrogens is 4. The molecule has 1 unspecified atom stereocenters. The van der Waals surface area contributed by atoms with Crippen LogP contribution in [-0.4, -0.2) is 60.9 Å². The second-order valence-corrected chi connectivity index (χ2v) is 9.93. The molecule has 4 heterocycles. The van der Waals surface area contributed by atoms with Gasteiger partial charge in [-0.3, -0.25) is 39.1 Å². The Morgan fingerprint density at radius 3 is 2.60 bits per heavy atom. The number of nitrogens with zero attached hydrogens (tertiary/aromatic N) is 5. The van der Waals surface area contributed by atoms with E-state index in [2.05, 4.69) is 25.7 Å².